The van der Waals surface area contributed by atoms with Gasteiger partial charge in [0, 0.05) is 16.8 Å². The van der Waals surface area contributed by atoms with Crippen LogP contribution in [0.1, 0.15) is 24.2 Å². The molecule has 0 fully saturated rings. The smallest absolute Gasteiger partial charge is 0.340 e. The van der Waals surface area contributed by atoms with Gasteiger partial charge in [0.2, 0.25) is 0 Å². The average molecular weight is 320 g/mol. The number of anilines is 3. The number of nitrogens with one attached hydrogen (secondary N) is 1. The summed E-state index contributed by atoms with van der Waals surface area (Å²) in [6.07, 6.45) is -0.190. The van der Waals surface area contributed by atoms with Gasteiger partial charge in [0.05, 0.1) is 17.4 Å². The van der Waals surface area contributed by atoms with Gasteiger partial charge in [0.15, 0.2) is 0 Å². The van der Waals surface area contributed by atoms with Crippen LogP contribution < -0.4 is 11.1 Å². The minimum Gasteiger partial charge on any atom is -0.459 e. The summed E-state index contributed by atoms with van der Waals surface area (Å²) in [5, 5.41) is 5.55. The lowest BCUT2D eigenvalue weighted by Crippen LogP contribution is -2.13. The Balaban J connectivity index is 2.02. The van der Waals surface area contributed by atoms with Crippen molar-refractivity contribution >= 4 is 33.8 Å². The molecule has 0 spiro atoms. The Hall–Kier alpha value is -3.01. The first-order valence-corrected chi connectivity index (χ1v) is 7.90. The van der Waals surface area contributed by atoms with E-state index in [4.69, 9.17) is 10.5 Å². The Morgan fingerprint density at radius 3 is 2.54 bits per heavy atom. The van der Waals surface area contributed by atoms with Crippen molar-refractivity contribution in [3.8, 4) is 0 Å². The van der Waals surface area contributed by atoms with Gasteiger partial charge in [-0.1, -0.05) is 36.4 Å². The van der Waals surface area contributed by atoms with Crippen molar-refractivity contribution in [3.63, 3.8) is 0 Å². The van der Waals surface area contributed by atoms with E-state index in [0.29, 0.717) is 16.9 Å². The van der Waals surface area contributed by atoms with E-state index in [0.717, 1.165) is 16.5 Å². The third-order valence-electron chi connectivity index (χ3n) is 3.67. The van der Waals surface area contributed by atoms with Crippen LogP contribution in [0.2, 0.25) is 0 Å². The molecule has 4 heteroatoms. The zero-order valence-electron chi connectivity index (χ0n) is 13.7. The van der Waals surface area contributed by atoms with Crippen molar-refractivity contribution in [1.29, 1.82) is 0 Å². The van der Waals surface area contributed by atoms with E-state index >= 15 is 0 Å². The zero-order valence-corrected chi connectivity index (χ0v) is 13.7. The summed E-state index contributed by atoms with van der Waals surface area (Å²) in [7, 11) is 0. The Morgan fingerprint density at radius 1 is 1.00 bits per heavy atom. The second kappa shape index (κ2) is 6.62. The Bertz CT molecular complexity index is 882. The third kappa shape index (κ3) is 3.33. The van der Waals surface area contributed by atoms with Gasteiger partial charge in [-0.3, -0.25) is 0 Å². The summed E-state index contributed by atoms with van der Waals surface area (Å²) in [6, 6.07) is 19.3. The molecule has 3 N–H and O–H groups in total. The fourth-order valence-corrected chi connectivity index (χ4v) is 2.60. The molecule has 0 heterocycles. The van der Waals surface area contributed by atoms with Crippen LogP contribution in [0.25, 0.3) is 10.8 Å². The van der Waals surface area contributed by atoms with E-state index in [2.05, 4.69) is 17.4 Å². The second-order valence-corrected chi connectivity index (χ2v) is 5.91. The highest BCUT2D eigenvalue weighted by Gasteiger charge is 2.15. The molecule has 0 saturated heterocycles. The van der Waals surface area contributed by atoms with E-state index in [1.54, 1.807) is 18.2 Å². The maximum absolute atomic E-state index is 12.4. The van der Waals surface area contributed by atoms with Crippen LogP contribution >= 0.6 is 0 Å². The van der Waals surface area contributed by atoms with Gasteiger partial charge in [-0.25, -0.2) is 4.79 Å². The first kappa shape index (κ1) is 15.9. The standard InChI is InChI=1S/C20H20N2O2/c1-13(2)24-20(23)17-12-15(21)10-11-19(17)22-18-9-5-7-14-6-3-4-8-16(14)18/h3-13,22H,21H2,1-2H3. The summed E-state index contributed by atoms with van der Waals surface area (Å²) in [5.41, 5.74) is 8.39. The average Bonchev–Trinajstić information content (AvgIpc) is 2.56. The molecule has 0 radical (unpaired) electrons. The molecule has 0 aliphatic carbocycles. The van der Waals surface area contributed by atoms with Crippen molar-refractivity contribution < 1.29 is 9.53 Å². The van der Waals surface area contributed by atoms with Gasteiger partial charge in [0.25, 0.3) is 0 Å². The van der Waals surface area contributed by atoms with Crippen molar-refractivity contribution in [2.75, 3.05) is 11.1 Å². The van der Waals surface area contributed by atoms with Gasteiger partial charge in [-0.2, -0.15) is 0 Å². The number of ether oxygens (including phenoxy) is 1. The minimum atomic E-state index is -0.389. The van der Waals surface area contributed by atoms with Crippen LogP contribution in [0.3, 0.4) is 0 Å². The van der Waals surface area contributed by atoms with Gasteiger partial charge < -0.3 is 15.8 Å². The SMILES string of the molecule is CC(C)OC(=O)c1cc(N)ccc1Nc1cccc2ccccc12. The maximum atomic E-state index is 12.4. The first-order valence-electron chi connectivity index (χ1n) is 7.90. The predicted molar refractivity (Wildman–Crippen MR) is 98.6 cm³/mol. The van der Waals surface area contributed by atoms with E-state index in [1.807, 2.05) is 44.2 Å². The number of hydrogen-bond acceptors (Lipinski definition) is 4. The van der Waals surface area contributed by atoms with Crippen molar-refractivity contribution in [2.24, 2.45) is 0 Å². The number of nitrogens with two attached hydrogens (primary N) is 1. The largest absolute Gasteiger partial charge is 0.459 e. The maximum Gasteiger partial charge on any atom is 0.340 e. The molecule has 24 heavy (non-hydrogen) atoms. The number of carbonyl (C=O) groups is 1. The fourth-order valence-electron chi connectivity index (χ4n) is 2.60. The quantitative estimate of drug-likeness (QED) is 0.539. The predicted octanol–water partition coefficient (Wildman–Crippen LogP) is 4.73. The van der Waals surface area contributed by atoms with Gasteiger partial charge in [0.1, 0.15) is 0 Å². The summed E-state index contributed by atoms with van der Waals surface area (Å²) in [6.45, 7) is 3.64. The van der Waals surface area contributed by atoms with Gasteiger partial charge >= 0.3 is 5.97 Å². The molecule has 4 nitrogen and oxygen atoms in total. The van der Waals surface area contributed by atoms with Crippen LogP contribution in [0, 0.1) is 0 Å². The molecule has 0 aromatic heterocycles. The topological polar surface area (TPSA) is 64.3 Å². The molecular formula is C20H20N2O2. The first-order chi connectivity index (χ1) is 11.5. The van der Waals surface area contributed by atoms with Crippen LogP contribution in [-0.4, -0.2) is 12.1 Å². The molecule has 0 atom stereocenters. The number of carbonyl (C=O) groups excluding carboxylic acids is 1. The number of hydrogen-bond donors (Lipinski definition) is 2. The van der Waals surface area contributed by atoms with Crippen molar-refractivity contribution in [3.05, 3.63) is 66.2 Å². The number of fused-ring (bicyclic) bond motifs is 1. The molecule has 0 amide bonds. The third-order valence-corrected chi connectivity index (χ3v) is 3.67. The molecule has 0 aliphatic rings. The summed E-state index contributed by atoms with van der Waals surface area (Å²) in [4.78, 5) is 12.4. The molecule has 122 valence electrons. The number of rotatable bonds is 4. The van der Waals surface area contributed by atoms with Crippen molar-refractivity contribution in [2.45, 2.75) is 20.0 Å². The monoisotopic (exact) mass is 320 g/mol. The number of benzene rings is 3. The summed E-state index contributed by atoms with van der Waals surface area (Å²) in [5.74, 6) is -0.389. The van der Waals surface area contributed by atoms with E-state index in [-0.39, 0.29) is 12.1 Å². The molecule has 3 rings (SSSR count). The zero-order chi connectivity index (χ0) is 17.1. The number of nitrogen functional groups attached to an aromatic ring is 1. The van der Waals surface area contributed by atoms with E-state index < -0.39 is 0 Å². The summed E-state index contributed by atoms with van der Waals surface area (Å²) < 4.78 is 5.32. The minimum absolute atomic E-state index is 0.190. The van der Waals surface area contributed by atoms with E-state index in [9.17, 15) is 4.79 Å². The van der Waals surface area contributed by atoms with Crippen LogP contribution in [0.5, 0.6) is 0 Å². The second-order valence-electron chi connectivity index (χ2n) is 5.91. The van der Waals surface area contributed by atoms with Crippen molar-refractivity contribution in [1.82, 2.24) is 0 Å². The lowest BCUT2D eigenvalue weighted by atomic mass is 10.1. The van der Waals surface area contributed by atoms with Gasteiger partial charge in [-0.15, -0.1) is 0 Å². The van der Waals surface area contributed by atoms with Crippen LogP contribution in [-0.2, 0) is 4.74 Å². The molecule has 0 unspecified atom stereocenters. The molecule has 3 aromatic rings. The lowest BCUT2D eigenvalue weighted by molar-refractivity contribution is 0.0379. The van der Waals surface area contributed by atoms with Crippen LogP contribution in [0.4, 0.5) is 17.1 Å². The highest BCUT2D eigenvalue weighted by atomic mass is 16.5. The molecule has 0 saturated carbocycles. The lowest BCUT2D eigenvalue weighted by Gasteiger charge is -2.15. The normalized spacial score (nSPS) is 10.8. The van der Waals surface area contributed by atoms with Crippen LogP contribution in [0.15, 0.2) is 60.7 Å². The molecule has 0 aliphatic heterocycles. The molecule has 0 bridgehead atoms. The highest BCUT2D eigenvalue weighted by Crippen LogP contribution is 2.29. The molecular weight excluding hydrogens is 300 g/mol. The number of esters is 1. The summed E-state index contributed by atoms with van der Waals surface area (Å²) >= 11 is 0. The van der Waals surface area contributed by atoms with E-state index in [1.165, 1.54) is 0 Å². The Morgan fingerprint density at radius 2 is 1.75 bits per heavy atom. The Kier molecular flexibility index (Phi) is 4.38. The molecule has 3 aromatic carbocycles. The van der Waals surface area contributed by atoms with Gasteiger partial charge in [-0.05, 0) is 43.5 Å². The highest BCUT2D eigenvalue weighted by molar-refractivity contribution is 6.01. The fraction of sp³-hybridized carbons (Fsp3) is 0.150. The Labute approximate surface area is 141 Å².